The van der Waals surface area contributed by atoms with Gasteiger partial charge in [-0.1, -0.05) is 25.1 Å². The van der Waals surface area contributed by atoms with E-state index >= 15 is 0 Å². The Bertz CT molecular complexity index is 380. The lowest BCUT2D eigenvalue weighted by Gasteiger charge is -2.29. The molecule has 1 saturated heterocycles. The monoisotopic (exact) mass is 217 g/mol. The Balaban J connectivity index is 1.87. The molecule has 0 unspecified atom stereocenters. The third-order valence-electron chi connectivity index (χ3n) is 3.78. The number of piperidine rings is 1. The van der Waals surface area contributed by atoms with Crippen LogP contribution in [0.25, 0.3) is 0 Å². The van der Waals surface area contributed by atoms with E-state index in [-0.39, 0.29) is 0 Å². The van der Waals surface area contributed by atoms with Crippen LogP contribution in [0.1, 0.15) is 36.9 Å². The van der Waals surface area contributed by atoms with Gasteiger partial charge in [-0.3, -0.25) is 0 Å². The van der Waals surface area contributed by atoms with Crippen molar-refractivity contribution in [1.29, 1.82) is 0 Å². The summed E-state index contributed by atoms with van der Waals surface area (Å²) in [6.07, 6.45) is 3.63. The molecule has 2 aliphatic heterocycles. The summed E-state index contributed by atoms with van der Waals surface area (Å²) in [6.45, 7) is 4.30. The molecule has 0 amide bonds. The van der Waals surface area contributed by atoms with Crippen LogP contribution in [0.15, 0.2) is 18.2 Å². The number of para-hydroxylation sites is 1. The molecule has 16 heavy (non-hydrogen) atoms. The summed E-state index contributed by atoms with van der Waals surface area (Å²) >= 11 is 0. The molecule has 2 aliphatic rings. The number of ether oxygens (including phenoxy) is 1. The normalized spacial score (nSPS) is 28.6. The fraction of sp³-hybridized carbons (Fsp3) is 0.571. The predicted octanol–water partition coefficient (Wildman–Crippen LogP) is 2.68. The fourth-order valence-corrected chi connectivity index (χ4v) is 2.78. The van der Waals surface area contributed by atoms with E-state index in [9.17, 15) is 0 Å². The molecule has 0 spiro atoms. The molecule has 2 nitrogen and oxygen atoms in total. The Morgan fingerprint density at radius 2 is 2.25 bits per heavy atom. The number of rotatable bonds is 1. The van der Waals surface area contributed by atoms with Crippen LogP contribution in [0.3, 0.4) is 0 Å². The third-order valence-corrected chi connectivity index (χ3v) is 3.78. The standard InChI is InChI=1S/C14H19NO/c1-10-5-6-13(15-9-10)12-4-2-3-11-7-8-16-14(11)12/h2-4,10,13,15H,5-9H2,1H3/t10-,13+/m0/s1. The Morgan fingerprint density at radius 3 is 3.06 bits per heavy atom. The van der Waals surface area contributed by atoms with E-state index in [0.29, 0.717) is 6.04 Å². The van der Waals surface area contributed by atoms with Gasteiger partial charge in [0.1, 0.15) is 5.75 Å². The zero-order chi connectivity index (χ0) is 11.0. The minimum absolute atomic E-state index is 0.504. The molecule has 1 N–H and O–H groups in total. The summed E-state index contributed by atoms with van der Waals surface area (Å²) in [7, 11) is 0. The van der Waals surface area contributed by atoms with Crippen LogP contribution in [0.2, 0.25) is 0 Å². The summed E-state index contributed by atoms with van der Waals surface area (Å²) in [4.78, 5) is 0. The average Bonchev–Trinajstić information content (AvgIpc) is 2.78. The number of hydrogen-bond acceptors (Lipinski definition) is 2. The van der Waals surface area contributed by atoms with Gasteiger partial charge in [0.05, 0.1) is 6.61 Å². The molecule has 0 aliphatic carbocycles. The van der Waals surface area contributed by atoms with Crippen molar-refractivity contribution >= 4 is 0 Å². The molecule has 0 radical (unpaired) electrons. The number of nitrogens with one attached hydrogen (secondary N) is 1. The van der Waals surface area contributed by atoms with Crippen molar-refractivity contribution in [2.75, 3.05) is 13.2 Å². The quantitative estimate of drug-likeness (QED) is 0.781. The Labute approximate surface area is 97.0 Å². The minimum atomic E-state index is 0.504. The van der Waals surface area contributed by atoms with Gasteiger partial charge < -0.3 is 10.1 Å². The molecule has 2 heteroatoms. The lowest BCUT2D eigenvalue weighted by Crippen LogP contribution is -2.32. The van der Waals surface area contributed by atoms with Crippen molar-refractivity contribution in [3.05, 3.63) is 29.3 Å². The van der Waals surface area contributed by atoms with Crippen molar-refractivity contribution < 1.29 is 4.74 Å². The van der Waals surface area contributed by atoms with E-state index in [4.69, 9.17) is 4.74 Å². The minimum Gasteiger partial charge on any atom is -0.493 e. The first-order valence-electron chi connectivity index (χ1n) is 6.32. The van der Waals surface area contributed by atoms with Gasteiger partial charge in [-0.15, -0.1) is 0 Å². The van der Waals surface area contributed by atoms with Gasteiger partial charge in [-0.05, 0) is 30.9 Å². The zero-order valence-corrected chi connectivity index (χ0v) is 9.83. The topological polar surface area (TPSA) is 21.3 Å². The maximum Gasteiger partial charge on any atom is 0.127 e. The zero-order valence-electron chi connectivity index (χ0n) is 9.83. The largest absolute Gasteiger partial charge is 0.493 e. The SMILES string of the molecule is C[C@H]1CC[C@H](c2cccc3c2OCC3)NC1. The first kappa shape index (κ1) is 10.2. The predicted molar refractivity (Wildman–Crippen MR) is 64.8 cm³/mol. The van der Waals surface area contributed by atoms with E-state index in [1.54, 1.807) is 0 Å². The second-order valence-corrected chi connectivity index (χ2v) is 5.08. The van der Waals surface area contributed by atoms with Crippen LogP contribution in [0, 0.1) is 5.92 Å². The van der Waals surface area contributed by atoms with Gasteiger partial charge in [0, 0.05) is 18.0 Å². The fourth-order valence-electron chi connectivity index (χ4n) is 2.78. The van der Waals surface area contributed by atoms with Crippen molar-refractivity contribution in [2.24, 2.45) is 5.92 Å². The summed E-state index contributed by atoms with van der Waals surface area (Å²) in [5.41, 5.74) is 2.76. The highest BCUT2D eigenvalue weighted by Crippen LogP contribution is 2.36. The third kappa shape index (κ3) is 1.71. The van der Waals surface area contributed by atoms with Gasteiger partial charge in [0.2, 0.25) is 0 Å². The molecular formula is C14H19NO. The Morgan fingerprint density at radius 1 is 1.31 bits per heavy atom. The van der Waals surface area contributed by atoms with Gasteiger partial charge >= 0.3 is 0 Å². The van der Waals surface area contributed by atoms with Crippen molar-refractivity contribution in [3.8, 4) is 5.75 Å². The molecule has 2 heterocycles. The van der Waals surface area contributed by atoms with Gasteiger partial charge in [-0.25, -0.2) is 0 Å². The molecule has 86 valence electrons. The summed E-state index contributed by atoms with van der Waals surface area (Å²) in [6, 6.07) is 7.08. The highest BCUT2D eigenvalue weighted by atomic mass is 16.5. The van der Waals surface area contributed by atoms with Gasteiger partial charge in [0.15, 0.2) is 0 Å². The van der Waals surface area contributed by atoms with Gasteiger partial charge in [-0.2, -0.15) is 0 Å². The van der Waals surface area contributed by atoms with Crippen molar-refractivity contribution in [2.45, 2.75) is 32.2 Å². The van der Waals surface area contributed by atoms with E-state index < -0.39 is 0 Å². The van der Waals surface area contributed by atoms with Crippen LogP contribution in [-0.4, -0.2) is 13.2 Å². The van der Waals surface area contributed by atoms with Crippen LogP contribution >= 0.6 is 0 Å². The molecular weight excluding hydrogens is 198 g/mol. The molecule has 2 atom stereocenters. The lowest BCUT2D eigenvalue weighted by molar-refractivity contribution is 0.313. The first-order valence-corrected chi connectivity index (χ1v) is 6.32. The second-order valence-electron chi connectivity index (χ2n) is 5.08. The number of hydrogen-bond donors (Lipinski definition) is 1. The maximum absolute atomic E-state index is 5.77. The van der Waals surface area contributed by atoms with Gasteiger partial charge in [0.25, 0.3) is 0 Å². The van der Waals surface area contributed by atoms with Crippen molar-refractivity contribution in [1.82, 2.24) is 5.32 Å². The van der Waals surface area contributed by atoms with E-state index in [2.05, 4.69) is 30.4 Å². The van der Waals surface area contributed by atoms with Crippen LogP contribution in [0.5, 0.6) is 5.75 Å². The summed E-state index contributed by atoms with van der Waals surface area (Å²) in [5, 5.41) is 3.63. The molecule has 1 aromatic rings. The van der Waals surface area contributed by atoms with Crippen LogP contribution < -0.4 is 10.1 Å². The van der Waals surface area contributed by atoms with E-state index in [1.807, 2.05) is 0 Å². The summed E-state index contributed by atoms with van der Waals surface area (Å²) < 4.78 is 5.77. The number of benzene rings is 1. The Hall–Kier alpha value is -1.02. The van der Waals surface area contributed by atoms with Crippen LogP contribution in [0.4, 0.5) is 0 Å². The highest BCUT2D eigenvalue weighted by molar-refractivity contribution is 5.45. The maximum atomic E-state index is 5.77. The molecule has 0 aromatic heterocycles. The molecule has 1 fully saturated rings. The smallest absolute Gasteiger partial charge is 0.127 e. The molecule has 1 aromatic carbocycles. The average molecular weight is 217 g/mol. The second kappa shape index (κ2) is 4.10. The summed E-state index contributed by atoms with van der Waals surface area (Å²) in [5.74, 6) is 1.98. The van der Waals surface area contributed by atoms with E-state index in [1.165, 1.54) is 24.0 Å². The highest BCUT2D eigenvalue weighted by Gasteiger charge is 2.24. The Kier molecular flexibility index (Phi) is 2.60. The first-order chi connectivity index (χ1) is 7.84. The molecule has 3 rings (SSSR count). The molecule has 0 saturated carbocycles. The van der Waals surface area contributed by atoms with Crippen LogP contribution in [-0.2, 0) is 6.42 Å². The van der Waals surface area contributed by atoms with Crippen molar-refractivity contribution in [3.63, 3.8) is 0 Å². The van der Waals surface area contributed by atoms with E-state index in [0.717, 1.165) is 31.2 Å². The lowest BCUT2D eigenvalue weighted by atomic mass is 9.91. The number of fused-ring (bicyclic) bond motifs is 1. The molecule has 0 bridgehead atoms.